The first-order valence-corrected chi connectivity index (χ1v) is 9.58. The van der Waals surface area contributed by atoms with Crippen LogP contribution in [0.4, 0.5) is 0 Å². The molecule has 1 aliphatic rings. The summed E-state index contributed by atoms with van der Waals surface area (Å²) in [6.07, 6.45) is 3.12. The van der Waals surface area contributed by atoms with E-state index in [2.05, 4.69) is 4.98 Å². The highest BCUT2D eigenvalue weighted by Gasteiger charge is 2.32. The number of rotatable bonds is 5. The molecule has 1 aliphatic heterocycles. The molecule has 0 aliphatic carbocycles. The second kappa shape index (κ2) is 8.87. The summed E-state index contributed by atoms with van der Waals surface area (Å²) in [4.78, 5) is 32.9. The number of aromatic nitrogens is 1. The lowest BCUT2D eigenvalue weighted by molar-refractivity contribution is -0.140. The van der Waals surface area contributed by atoms with Crippen molar-refractivity contribution in [2.45, 2.75) is 25.8 Å². The Kier molecular flexibility index (Phi) is 6.29. The summed E-state index contributed by atoms with van der Waals surface area (Å²) in [6.45, 7) is 2.84. The van der Waals surface area contributed by atoms with Gasteiger partial charge in [0.15, 0.2) is 0 Å². The van der Waals surface area contributed by atoms with Crippen LogP contribution in [0.5, 0.6) is 5.75 Å². The number of nitrogens with zero attached hydrogens (tertiary/aromatic N) is 3. The van der Waals surface area contributed by atoms with Gasteiger partial charge in [-0.3, -0.25) is 14.6 Å². The molecule has 0 radical (unpaired) electrons. The molecule has 6 nitrogen and oxygen atoms in total. The molecule has 0 N–H and O–H groups in total. The van der Waals surface area contributed by atoms with Crippen molar-refractivity contribution in [2.24, 2.45) is 5.92 Å². The normalized spacial score (nSPS) is 15.8. The molecule has 2 heterocycles. The molecule has 1 unspecified atom stereocenters. The molecule has 0 spiro atoms. The summed E-state index contributed by atoms with van der Waals surface area (Å²) in [7, 11) is 3.46. The minimum atomic E-state index is -0.297. The van der Waals surface area contributed by atoms with E-state index in [1.807, 2.05) is 54.4 Å². The molecule has 2 aromatic rings. The molecular weight excluding hydrogens is 354 g/mol. The highest BCUT2D eigenvalue weighted by Crippen LogP contribution is 2.31. The molecule has 0 saturated carbocycles. The summed E-state index contributed by atoms with van der Waals surface area (Å²) in [6, 6.07) is 13.2. The summed E-state index contributed by atoms with van der Waals surface area (Å²) in [5.74, 6) is 0.815. The van der Waals surface area contributed by atoms with Crippen molar-refractivity contribution < 1.29 is 14.3 Å². The van der Waals surface area contributed by atoms with Crippen LogP contribution in [0.3, 0.4) is 0 Å². The van der Waals surface area contributed by atoms with Crippen LogP contribution >= 0.6 is 0 Å². The van der Waals surface area contributed by atoms with E-state index < -0.39 is 0 Å². The lowest BCUT2D eigenvalue weighted by Crippen LogP contribution is -2.44. The number of methoxy groups -OCH3 is 1. The Bertz CT molecular complexity index is 817. The van der Waals surface area contributed by atoms with Crippen LogP contribution in [0.15, 0.2) is 48.7 Å². The maximum atomic E-state index is 13.3. The standard InChI is InChI=1S/C22H27N3O3/c1-16(26)25-13-10-17(11-14-25)22(27)24(2)21(20-9-4-5-12-23-20)18-7-6-8-19(15-18)28-3/h4-9,12,15,17,21H,10-11,13-14H2,1-3H3. The van der Waals surface area contributed by atoms with E-state index in [9.17, 15) is 9.59 Å². The first-order chi connectivity index (χ1) is 13.5. The van der Waals surface area contributed by atoms with E-state index in [0.717, 1.165) is 17.0 Å². The SMILES string of the molecule is COc1cccc(C(c2ccccn2)N(C)C(=O)C2CCN(C(C)=O)CC2)c1. The first kappa shape index (κ1) is 19.9. The highest BCUT2D eigenvalue weighted by atomic mass is 16.5. The molecular formula is C22H27N3O3. The Hall–Kier alpha value is -2.89. The molecule has 2 amide bonds. The van der Waals surface area contributed by atoms with E-state index >= 15 is 0 Å². The lowest BCUT2D eigenvalue weighted by Gasteiger charge is -2.35. The van der Waals surface area contributed by atoms with E-state index in [1.165, 1.54) is 0 Å². The summed E-state index contributed by atoms with van der Waals surface area (Å²) < 4.78 is 5.37. The zero-order valence-corrected chi connectivity index (χ0v) is 16.7. The number of likely N-dealkylation sites (tertiary alicyclic amines) is 1. The first-order valence-electron chi connectivity index (χ1n) is 9.58. The van der Waals surface area contributed by atoms with Crippen molar-refractivity contribution in [3.63, 3.8) is 0 Å². The summed E-state index contributed by atoms with van der Waals surface area (Å²) >= 11 is 0. The third-order valence-electron chi connectivity index (χ3n) is 5.40. The maximum Gasteiger partial charge on any atom is 0.226 e. The molecule has 6 heteroatoms. The number of ether oxygens (including phenoxy) is 1. The second-order valence-corrected chi connectivity index (χ2v) is 7.16. The van der Waals surface area contributed by atoms with Crippen LogP contribution in [0.2, 0.25) is 0 Å². The third-order valence-corrected chi connectivity index (χ3v) is 5.40. The van der Waals surface area contributed by atoms with Gasteiger partial charge >= 0.3 is 0 Å². The van der Waals surface area contributed by atoms with E-state index in [-0.39, 0.29) is 23.8 Å². The molecule has 1 atom stereocenters. The summed E-state index contributed by atoms with van der Waals surface area (Å²) in [5.41, 5.74) is 1.77. The molecule has 1 fully saturated rings. The van der Waals surface area contributed by atoms with Gasteiger partial charge in [0.2, 0.25) is 11.8 Å². The van der Waals surface area contributed by atoms with Crippen molar-refractivity contribution in [1.29, 1.82) is 0 Å². The number of benzene rings is 1. The number of amides is 2. The van der Waals surface area contributed by atoms with Gasteiger partial charge in [0.25, 0.3) is 0 Å². The average Bonchev–Trinajstić information content (AvgIpc) is 2.74. The molecule has 1 aromatic heterocycles. The number of hydrogen-bond donors (Lipinski definition) is 0. The quantitative estimate of drug-likeness (QED) is 0.799. The second-order valence-electron chi connectivity index (χ2n) is 7.16. The van der Waals surface area contributed by atoms with Gasteiger partial charge in [0, 0.05) is 39.2 Å². The van der Waals surface area contributed by atoms with Crippen molar-refractivity contribution in [3.8, 4) is 5.75 Å². The van der Waals surface area contributed by atoms with Gasteiger partial charge in [0.05, 0.1) is 18.8 Å². The Morgan fingerprint density at radius 2 is 1.93 bits per heavy atom. The number of piperidine rings is 1. The third kappa shape index (κ3) is 4.32. The fourth-order valence-electron chi connectivity index (χ4n) is 3.80. The van der Waals surface area contributed by atoms with Crippen molar-refractivity contribution >= 4 is 11.8 Å². The molecule has 3 rings (SSSR count). The van der Waals surface area contributed by atoms with Gasteiger partial charge in [0.1, 0.15) is 5.75 Å². The van der Waals surface area contributed by atoms with Crippen LogP contribution in [-0.2, 0) is 9.59 Å². The van der Waals surface area contributed by atoms with Gasteiger partial charge in [-0.1, -0.05) is 18.2 Å². The van der Waals surface area contributed by atoms with Crippen LogP contribution in [0.1, 0.15) is 37.1 Å². The molecule has 28 heavy (non-hydrogen) atoms. The number of carbonyl (C=O) groups is 2. The van der Waals surface area contributed by atoms with Gasteiger partial charge in [-0.15, -0.1) is 0 Å². The highest BCUT2D eigenvalue weighted by molar-refractivity contribution is 5.80. The molecule has 1 saturated heterocycles. The van der Waals surface area contributed by atoms with Crippen LogP contribution in [0, 0.1) is 5.92 Å². The molecule has 148 valence electrons. The van der Waals surface area contributed by atoms with Gasteiger partial charge in [-0.25, -0.2) is 0 Å². The number of hydrogen-bond acceptors (Lipinski definition) is 4. The molecule has 0 bridgehead atoms. The minimum absolute atomic E-state index is 0.0713. The Balaban J connectivity index is 1.85. The van der Waals surface area contributed by atoms with Gasteiger partial charge < -0.3 is 14.5 Å². The monoisotopic (exact) mass is 381 g/mol. The largest absolute Gasteiger partial charge is 0.497 e. The zero-order valence-electron chi connectivity index (χ0n) is 16.7. The van der Waals surface area contributed by atoms with Gasteiger partial charge in [-0.05, 0) is 42.7 Å². The van der Waals surface area contributed by atoms with Crippen LogP contribution < -0.4 is 4.74 Å². The van der Waals surface area contributed by atoms with E-state index in [1.54, 1.807) is 25.1 Å². The average molecular weight is 381 g/mol. The Labute approximate surface area is 166 Å². The topological polar surface area (TPSA) is 62.7 Å². The Morgan fingerprint density at radius 1 is 1.18 bits per heavy atom. The smallest absolute Gasteiger partial charge is 0.226 e. The predicted octanol–water partition coefficient (Wildman–Crippen LogP) is 2.90. The van der Waals surface area contributed by atoms with Crippen molar-refractivity contribution in [3.05, 3.63) is 59.9 Å². The lowest BCUT2D eigenvalue weighted by atomic mass is 9.93. The van der Waals surface area contributed by atoms with Gasteiger partial charge in [-0.2, -0.15) is 0 Å². The Morgan fingerprint density at radius 3 is 2.54 bits per heavy atom. The van der Waals surface area contributed by atoms with Crippen molar-refractivity contribution in [1.82, 2.24) is 14.8 Å². The van der Waals surface area contributed by atoms with Crippen molar-refractivity contribution in [2.75, 3.05) is 27.2 Å². The predicted molar refractivity (Wildman–Crippen MR) is 107 cm³/mol. The number of pyridine rings is 1. The molecule has 1 aromatic carbocycles. The van der Waals surface area contributed by atoms with Crippen LogP contribution in [0.25, 0.3) is 0 Å². The van der Waals surface area contributed by atoms with Crippen LogP contribution in [-0.4, -0.2) is 53.8 Å². The fraction of sp³-hybridized carbons (Fsp3) is 0.409. The summed E-state index contributed by atoms with van der Waals surface area (Å²) in [5, 5.41) is 0. The zero-order chi connectivity index (χ0) is 20.1. The number of carbonyl (C=O) groups excluding carboxylic acids is 2. The minimum Gasteiger partial charge on any atom is -0.497 e. The fourth-order valence-corrected chi connectivity index (χ4v) is 3.80. The van der Waals surface area contributed by atoms with E-state index in [4.69, 9.17) is 4.74 Å². The maximum absolute atomic E-state index is 13.3. The van der Waals surface area contributed by atoms with E-state index in [0.29, 0.717) is 25.9 Å².